The monoisotopic (exact) mass is 472 g/mol. The number of sulfone groups is 1. The highest BCUT2D eigenvalue weighted by molar-refractivity contribution is 8.22. The van der Waals surface area contributed by atoms with Gasteiger partial charge >= 0.3 is 0 Å². The summed E-state index contributed by atoms with van der Waals surface area (Å²) < 4.78 is 24.1. The zero-order chi connectivity index (χ0) is 22.4. The number of thiocarbonyl (C=S) groups is 1. The normalized spacial score (nSPS) is 11.3. The Labute approximate surface area is 193 Å². The number of benzene rings is 2. The van der Waals surface area contributed by atoms with Gasteiger partial charge in [-0.25, -0.2) is 13.5 Å². The number of nitrogens with zero attached hydrogens (tertiary/aromatic N) is 2. The van der Waals surface area contributed by atoms with E-state index in [9.17, 15) is 13.6 Å². The highest BCUT2D eigenvalue weighted by Gasteiger charge is 2.13. The van der Waals surface area contributed by atoms with Crippen LogP contribution in [0.2, 0.25) is 0 Å². The van der Waals surface area contributed by atoms with Gasteiger partial charge in [0.1, 0.15) is 0 Å². The lowest BCUT2D eigenvalue weighted by atomic mass is 9.97. The van der Waals surface area contributed by atoms with Crippen molar-refractivity contribution in [2.45, 2.75) is 17.7 Å². The second-order valence-electron chi connectivity index (χ2n) is 7.14. The Balaban J connectivity index is 1.89. The van der Waals surface area contributed by atoms with Crippen LogP contribution in [-0.2, 0) is 16.3 Å². The fourth-order valence-electron chi connectivity index (χ4n) is 3.10. The molecular weight excluding hydrogens is 448 g/mol. The van der Waals surface area contributed by atoms with Crippen LogP contribution in [0.3, 0.4) is 0 Å². The van der Waals surface area contributed by atoms with Gasteiger partial charge in [-0.15, -0.1) is 0 Å². The highest BCUT2D eigenvalue weighted by atomic mass is 32.2. The third kappa shape index (κ3) is 6.36. The number of aryl methyl sites for hydroxylation is 1. The van der Waals surface area contributed by atoms with Gasteiger partial charge in [0, 0.05) is 36.4 Å². The van der Waals surface area contributed by atoms with Crippen molar-refractivity contribution in [1.82, 2.24) is 10.0 Å². The number of hydrogen-bond donors (Lipinski definition) is 1. The first kappa shape index (κ1) is 23.4. The third-order valence-electron chi connectivity index (χ3n) is 4.68. The molecule has 3 rings (SSSR count). The van der Waals surface area contributed by atoms with Crippen molar-refractivity contribution < 1.29 is 13.6 Å². The maximum atomic E-state index is 11.8. The maximum Gasteiger partial charge on any atom is 0.175 e. The Bertz CT molecular complexity index is 1150. The predicted octanol–water partition coefficient (Wildman–Crippen LogP) is 5.09. The molecule has 0 atom stereocenters. The van der Waals surface area contributed by atoms with E-state index in [-0.39, 0.29) is 0 Å². The highest BCUT2D eigenvalue weighted by Crippen LogP contribution is 2.32. The molecule has 0 amide bonds. The van der Waals surface area contributed by atoms with Crippen molar-refractivity contribution in [3.63, 3.8) is 0 Å². The molecule has 2 aromatic carbocycles. The Morgan fingerprint density at radius 2 is 1.77 bits per heavy atom. The Kier molecular flexibility index (Phi) is 7.83. The van der Waals surface area contributed by atoms with Gasteiger partial charge in [0.25, 0.3) is 0 Å². The predicted molar refractivity (Wildman–Crippen MR) is 131 cm³/mol. The quantitative estimate of drug-likeness (QED) is 0.292. The van der Waals surface area contributed by atoms with E-state index in [0.717, 1.165) is 51.6 Å². The van der Waals surface area contributed by atoms with Crippen molar-refractivity contribution in [3.8, 4) is 22.4 Å². The molecule has 31 heavy (non-hydrogen) atoms. The summed E-state index contributed by atoms with van der Waals surface area (Å²) in [6.07, 6.45) is 4.80. The molecule has 0 unspecified atom stereocenters. The number of aromatic nitrogens is 1. The van der Waals surface area contributed by atoms with Crippen molar-refractivity contribution >= 4 is 38.1 Å². The van der Waals surface area contributed by atoms with Gasteiger partial charge in [-0.3, -0.25) is 10.2 Å². The molecule has 162 valence electrons. The van der Waals surface area contributed by atoms with Gasteiger partial charge < -0.3 is 0 Å². The molecule has 1 N–H and O–H groups in total. The van der Waals surface area contributed by atoms with Crippen LogP contribution in [0, 0.1) is 0 Å². The van der Waals surface area contributed by atoms with Crippen molar-refractivity contribution in [2.24, 2.45) is 0 Å². The molecule has 0 aliphatic heterocycles. The average molecular weight is 473 g/mol. The minimum Gasteiger partial charge on any atom is -0.287 e. The number of thioether (sulfide) groups is 1. The molecule has 8 heteroatoms. The standard InChI is InChI=1S/C23H24N2O3S3/c1-25(26)23(29)30-14-6-7-17-15-21(18-10-12-20(13-11-18)31(2,27)28)22(24-16-17)19-8-4-3-5-9-19/h3-5,8-13,15-16,26H,6-7,14H2,1-2H3. The third-order valence-corrected chi connectivity index (χ3v) is 7.43. The van der Waals surface area contributed by atoms with Crippen LogP contribution in [0.4, 0.5) is 0 Å². The van der Waals surface area contributed by atoms with Crippen LogP contribution in [-0.4, -0.2) is 47.0 Å². The molecule has 0 aliphatic carbocycles. The fourth-order valence-corrected chi connectivity index (χ4v) is 4.63. The summed E-state index contributed by atoms with van der Waals surface area (Å²) in [5.41, 5.74) is 4.82. The molecule has 0 radical (unpaired) electrons. The fraction of sp³-hybridized carbons (Fsp3) is 0.217. The summed E-state index contributed by atoms with van der Waals surface area (Å²) in [5.74, 6) is 0.794. The van der Waals surface area contributed by atoms with E-state index in [1.54, 1.807) is 12.1 Å². The average Bonchev–Trinajstić information content (AvgIpc) is 2.76. The maximum absolute atomic E-state index is 11.8. The Morgan fingerprint density at radius 1 is 1.10 bits per heavy atom. The number of pyridine rings is 1. The number of hydrogen-bond acceptors (Lipinski definition) is 6. The van der Waals surface area contributed by atoms with E-state index in [0.29, 0.717) is 9.22 Å². The van der Waals surface area contributed by atoms with Crippen LogP contribution in [0.15, 0.2) is 71.8 Å². The second kappa shape index (κ2) is 10.4. The van der Waals surface area contributed by atoms with E-state index < -0.39 is 9.84 Å². The van der Waals surface area contributed by atoms with E-state index in [4.69, 9.17) is 17.2 Å². The zero-order valence-corrected chi connectivity index (χ0v) is 19.8. The van der Waals surface area contributed by atoms with Crippen molar-refractivity contribution in [3.05, 3.63) is 72.4 Å². The van der Waals surface area contributed by atoms with E-state index in [2.05, 4.69) is 6.07 Å². The molecule has 5 nitrogen and oxygen atoms in total. The van der Waals surface area contributed by atoms with E-state index >= 15 is 0 Å². The summed E-state index contributed by atoms with van der Waals surface area (Å²) in [4.78, 5) is 5.03. The first-order valence-corrected chi connectivity index (χ1v) is 13.0. The van der Waals surface area contributed by atoms with Crippen LogP contribution in [0.5, 0.6) is 0 Å². The first-order chi connectivity index (χ1) is 14.8. The van der Waals surface area contributed by atoms with Crippen molar-refractivity contribution in [2.75, 3.05) is 19.1 Å². The van der Waals surface area contributed by atoms with Crippen LogP contribution in [0.25, 0.3) is 22.4 Å². The number of hydroxylamine groups is 2. The molecule has 0 saturated heterocycles. The summed E-state index contributed by atoms with van der Waals surface area (Å²) >= 11 is 6.52. The first-order valence-electron chi connectivity index (χ1n) is 9.70. The summed E-state index contributed by atoms with van der Waals surface area (Å²) in [5, 5.41) is 10.3. The second-order valence-corrected chi connectivity index (χ2v) is 10.9. The summed E-state index contributed by atoms with van der Waals surface area (Å²) in [6, 6.07) is 19.0. The lowest BCUT2D eigenvalue weighted by Crippen LogP contribution is -2.17. The lowest BCUT2D eigenvalue weighted by molar-refractivity contribution is 0.0205. The molecule has 0 bridgehead atoms. The molecule has 1 aromatic heterocycles. The van der Waals surface area contributed by atoms with Gasteiger partial charge in [-0.2, -0.15) is 0 Å². The topological polar surface area (TPSA) is 70.5 Å². The van der Waals surface area contributed by atoms with Crippen molar-refractivity contribution in [1.29, 1.82) is 0 Å². The van der Waals surface area contributed by atoms with Gasteiger partial charge in [0.05, 0.1) is 10.6 Å². The molecule has 0 aliphatic rings. The molecule has 3 aromatic rings. The van der Waals surface area contributed by atoms with Gasteiger partial charge in [-0.1, -0.05) is 66.4 Å². The SMILES string of the molecule is CN(O)C(=S)SCCCc1cnc(-c2ccccc2)c(-c2ccc(S(C)(=O)=O)cc2)c1. The van der Waals surface area contributed by atoms with E-state index in [1.165, 1.54) is 25.1 Å². The number of rotatable bonds is 7. The Morgan fingerprint density at radius 3 is 2.39 bits per heavy atom. The van der Waals surface area contributed by atoms with Gasteiger partial charge in [0.2, 0.25) is 0 Å². The minimum absolute atomic E-state index is 0.295. The van der Waals surface area contributed by atoms with Gasteiger partial charge in [0.15, 0.2) is 14.2 Å². The van der Waals surface area contributed by atoms with Crippen LogP contribution in [0.1, 0.15) is 12.0 Å². The van der Waals surface area contributed by atoms with E-state index in [1.807, 2.05) is 48.7 Å². The molecule has 1 heterocycles. The minimum atomic E-state index is -3.25. The summed E-state index contributed by atoms with van der Waals surface area (Å²) in [6.45, 7) is 0. The van der Waals surface area contributed by atoms with Gasteiger partial charge in [-0.05, 0) is 42.2 Å². The molecular formula is C23H24N2O3S3. The molecule has 0 fully saturated rings. The Hall–Kier alpha value is -2.26. The smallest absolute Gasteiger partial charge is 0.175 e. The summed E-state index contributed by atoms with van der Waals surface area (Å²) in [7, 11) is -1.73. The molecule has 0 saturated carbocycles. The van der Waals surface area contributed by atoms with Crippen LogP contribution >= 0.6 is 24.0 Å². The van der Waals surface area contributed by atoms with Crippen LogP contribution < -0.4 is 0 Å². The lowest BCUT2D eigenvalue weighted by Gasteiger charge is -2.13. The molecule has 0 spiro atoms. The largest absolute Gasteiger partial charge is 0.287 e. The zero-order valence-electron chi connectivity index (χ0n) is 17.4.